The van der Waals surface area contributed by atoms with Crippen molar-refractivity contribution in [3.8, 4) is 6.01 Å². The highest BCUT2D eigenvalue weighted by molar-refractivity contribution is 5.97. The molecule has 2 unspecified atom stereocenters. The summed E-state index contributed by atoms with van der Waals surface area (Å²) in [5.74, 6) is 0.180. The van der Waals surface area contributed by atoms with Crippen LogP contribution in [0.3, 0.4) is 0 Å². The average molecular weight is 277 g/mol. The maximum atomic E-state index is 12.6. The van der Waals surface area contributed by atoms with Crippen molar-refractivity contribution in [1.29, 1.82) is 0 Å². The Labute approximate surface area is 118 Å². The van der Waals surface area contributed by atoms with Gasteiger partial charge in [-0.2, -0.15) is 0 Å². The summed E-state index contributed by atoms with van der Waals surface area (Å²) in [6.07, 6.45) is 4.80. The van der Waals surface area contributed by atoms with Crippen LogP contribution in [0.4, 0.5) is 0 Å². The second-order valence-electron chi connectivity index (χ2n) is 5.50. The minimum atomic E-state index is 0.0436. The average Bonchev–Trinajstić information content (AvgIpc) is 2.46. The Kier molecular flexibility index (Phi) is 3.67. The fourth-order valence-corrected chi connectivity index (χ4v) is 3.09. The number of likely N-dealkylation sites (N-methyl/N-ethyl adjacent to an activating group) is 1. The molecule has 2 aliphatic rings. The standard InChI is InChI=1S/C14H19N3O3/c1-17-11-3-9(4-12(17)8-20-7-11)13(18)10-5-15-14(19-2)16-6-10/h5-6,9,11-12H,3-4,7-8H2,1-2H3. The van der Waals surface area contributed by atoms with E-state index in [9.17, 15) is 4.79 Å². The van der Waals surface area contributed by atoms with Gasteiger partial charge in [0, 0.05) is 30.4 Å². The normalized spacial score (nSPS) is 30.0. The van der Waals surface area contributed by atoms with Gasteiger partial charge in [0.05, 0.1) is 25.9 Å². The number of carbonyl (C=O) groups is 1. The number of ether oxygens (including phenoxy) is 2. The smallest absolute Gasteiger partial charge is 0.316 e. The topological polar surface area (TPSA) is 64.6 Å². The number of nitrogens with zero attached hydrogens (tertiary/aromatic N) is 3. The molecule has 0 saturated carbocycles. The van der Waals surface area contributed by atoms with Crippen molar-refractivity contribution in [3.63, 3.8) is 0 Å². The molecule has 1 aromatic rings. The number of carbonyl (C=O) groups excluding carboxylic acids is 1. The van der Waals surface area contributed by atoms with Crippen LogP contribution in [-0.2, 0) is 4.74 Å². The summed E-state index contributed by atoms with van der Waals surface area (Å²) >= 11 is 0. The molecule has 2 aliphatic heterocycles. The SMILES string of the molecule is COc1ncc(C(=O)C2CC3COCC(C2)N3C)cn1. The summed E-state index contributed by atoms with van der Waals surface area (Å²) < 4.78 is 10.5. The Bertz CT molecular complexity index is 477. The van der Waals surface area contributed by atoms with E-state index in [0.29, 0.717) is 17.6 Å². The molecule has 0 radical (unpaired) electrons. The Balaban J connectivity index is 1.74. The van der Waals surface area contributed by atoms with Gasteiger partial charge >= 0.3 is 6.01 Å². The summed E-state index contributed by atoms with van der Waals surface area (Å²) in [6, 6.07) is 0.974. The highest BCUT2D eigenvalue weighted by Gasteiger charge is 2.39. The third-order valence-electron chi connectivity index (χ3n) is 4.35. The van der Waals surface area contributed by atoms with Crippen LogP contribution in [0.15, 0.2) is 12.4 Å². The van der Waals surface area contributed by atoms with Crippen molar-refractivity contribution >= 4 is 5.78 Å². The number of ketones is 1. The zero-order valence-corrected chi connectivity index (χ0v) is 11.8. The van der Waals surface area contributed by atoms with Crippen LogP contribution in [0.5, 0.6) is 6.01 Å². The van der Waals surface area contributed by atoms with Crippen LogP contribution in [0.1, 0.15) is 23.2 Å². The van der Waals surface area contributed by atoms with E-state index in [2.05, 4.69) is 21.9 Å². The van der Waals surface area contributed by atoms with Crippen molar-refractivity contribution in [1.82, 2.24) is 14.9 Å². The molecule has 0 aliphatic carbocycles. The van der Waals surface area contributed by atoms with Crippen LogP contribution in [0.2, 0.25) is 0 Å². The number of piperidine rings is 1. The minimum Gasteiger partial charge on any atom is -0.467 e. The molecular weight excluding hydrogens is 258 g/mol. The molecule has 2 saturated heterocycles. The first kappa shape index (κ1) is 13.5. The molecule has 1 aromatic heterocycles. The first-order valence-electron chi connectivity index (χ1n) is 6.89. The van der Waals surface area contributed by atoms with Gasteiger partial charge in [-0.1, -0.05) is 0 Å². The van der Waals surface area contributed by atoms with Crippen LogP contribution < -0.4 is 4.74 Å². The summed E-state index contributed by atoms with van der Waals surface area (Å²) in [7, 11) is 3.63. The maximum absolute atomic E-state index is 12.6. The molecule has 3 heterocycles. The summed E-state index contributed by atoms with van der Waals surface area (Å²) in [6.45, 7) is 1.44. The predicted molar refractivity (Wildman–Crippen MR) is 71.8 cm³/mol. The second-order valence-corrected chi connectivity index (χ2v) is 5.50. The van der Waals surface area contributed by atoms with Crippen LogP contribution in [0.25, 0.3) is 0 Å². The van der Waals surface area contributed by atoms with Crippen molar-refractivity contribution in [3.05, 3.63) is 18.0 Å². The number of methoxy groups -OCH3 is 1. The maximum Gasteiger partial charge on any atom is 0.316 e. The zero-order valence-electron chi connectivity index (χ0n) is 11.8. The van der Waals surface area contributed by atoms with E-state index in [1.165, 1.54) is 7.11 Å². The van der Waals surface area contributed by atoms with Gasteiger partial charge in [0.1, 0.15) is 0 Å². The van der Waals surface area contributed by atoms with Crippen molar-refractivity contribution in [2.24, 2.45) is 5.92 Å². The van der Waals surface area contributed by atoms with E-state index in [4.69, 9.17) is 9.47 Å². The fourth-order valence-electron chi connectivity index (χ4n) is 3.09. The molecule has 2 fully saturated rings. The minimum absolute atomic E-state index is 0.0436. The van der Waals surface area contributed by atoms with E-state index < -0.39 is 0 Å². The molecule has 20 heavy (non-hydrogen) atoms. The number of rotatable bonds is 3. The molecule has 6 heteroatoms. The van der Waals surface area contributed by atoms with Gasteiger partial charge in [0.2, 0.25) is 0 Å². The number of hydrogen-bond donors (Lipinski definition) is 0. The molecule has 0 spiro atoms. The molecule has 2 bridgehead atoms. The molecule has 3 rings (SSSR count). The number of morpholine rings is 1. The molecular formula is C14H19N3O3. The largest absolute Gasteiger partial charge is 0.467 e. The highest BCUT2D eigenvalue weighted by atomic mass is 16.5. The third-order valence-corrected chi connectivity index (χ3v) is 4.35. The Morgan fingerprint density at radius 3 is 2.45 bits per heavy atom. The predicted octanol–water partition coefficient (Wildman–Crippen LogP) is 0.777. The Morgan fingerprint density at radius 1 is 1.30 bits per heavy atom. The molecule has 0 aromatic carbocycles. The van der Waals surface area contributed by atoms with Crippen molar-refractivity contribution < 1.29 is 14.3 Å². The lowest BCUT2D eigenvalue weighted by Crippen LogP contribution is -2.55. The Morgan fingerprint density at radius 2 is 1.90 bits per heavy atom. The number of Topliss-reactive ketones (excluding diaryl/α,β-unsaturated/α-hetero) is 1. The molecule has 2 atom stereocenters. The quantitative estimate of drug-likeness (QED) is 0.761. The molecule has 108 valence electrons. The van der Waals surface area contributed by atoms with E-state index in [1.807, 2.05) is 0 Å². The first-order chi connectivity index (χ1) is 9.69. The van der Waals surface area contributed by atoms with Gasteiger partial charge in [0.15, 0.2) is 5.78 Å². The molecule has 0 N–H and O–H groups in total. The lowest BCUT2D eigenvalue weighted by atomic mass is 9.81. The molecule has 6 nitrogen and oxygen atoms in total. The number of fused-ring (bicyclic) bond motifs is 2. The van der Waals surface area contributed by atoms with Crippen LogP contribution >= 0.6 is 0 Å². The van der Waals surface area contributed by atoms with E-state index in [-0.39, 0.29) is 17.7 Å². The monoisotopic (exact) mass is 277 g/mol. The fraction of sp³-hybridized carbons (Fsp3) is 0.643. The van der Waals surface area contributed by atoms with Gasteiger partial charge in [-0.25, -0.2) is 9.97 Å². The van der Waals surface area contributed by atoms with Gasteiger partial charge in [0.25, 0.3) is 0 Å². The van der Waals surface area contributed by atoms with Crippen LogP contribution in [-0.4, -0.2) is 60.1 Å². The van der Waals surface area contributed by atoms with E-state index >= 15 is 0 Å². The van der Waals surface area contributed by atoms with Crippen molar-refractivity contribution in [2.45, 2.75) is 24.9 Å². The van der Waals surface area contributed by atoms with Gasteiger partial charge in [-0.05, 0) is 19.9 Å². The van der Waals surface area contributed by atoms with Gasteiger partial charge < -0.3 is 9.47 Å². The molecule has 0 amide bonds. The number of hydrogen-bond acceptors (Lipinski definition) is 6. The number of aromatic nitrogens is 2. The highest BCUT2D eigenvalue weighted by Crippen LogP contribution is 2.32. The van der Waals surface area contributed by atoms with Gasteiger partial charge in [-0.3, -0.25) is 9.69 Å². The summed E-state index contributed by atoms with van der Waals surface area (Å²) in [4.78, 5) is 22.9. The third kappa shape index (κ3) is 2.41. The lowest BCUT2D eigenvalue weighted by Gasteiger charge is -2.46. The summed E-state index contributed by atoms with van der Waals surface area (Å²) in [5.41, 5.74) is 0.569. The van der Waals surface area contributed by atoms with Crippen LogP contribution in [0, 0.1) is 5.92 Å². The second kappa shape index (κ2) is 5.46. The van der Waals surface area contributed by atoms with Gasteiger partial charge in [-0.15, -0.1) is 0 Å². The first-order valence-corrected chi connectivity index (χ1v) is 6.89. The van der Waals surface area contributed by atoms with E-state index in [1.54, 1.807) is 12.4 Å². The van der Waals surface area contributed by atoms with E-state index in [0.717, 1.165) is 26.1 Å². The van der Waals surface area contributed by atoms with Crippen molar-refractivity contribution in [2.75, 3.05) is 27.4 Å². The zero-order chi connectivity index (χ0) is 14.1. The Hall–Kier alpha value is -1.53. The summed E-state index contributed by atoms with van der Waals surface area (Å²) in [5, 5.41) is 0. The lowest BCUT2D eigenvalue weighted by molar-refractivity contribution is -0.0702.